The quantitative estimate of drug-likeness (QED) is 0.618. The number of nitrogens with one attached hydrogen (secondary N) is 1. The van der Waals surface area contributed by atoms with Crippen LogP contribution < -0.4 is 5.32 Å². The number of hydrogen-bond acceptors (Lipinski definition) is 2. The van der Waals surface area contributed by atoms with E-state index < -0.39 is 23.6 Å². The highest BCUT2D eigenvalue weighted by Crippen LogP contribution is 2.48. The predicted octanol–water partition coefficient (Wildman–Crippen LogP) is 4.59. The Morgan fingerprint density at radius 2 is 1.93 bits per heavy atom. The standard InChI is InChI=1S/C22H19F4N3O/c1-29-10-9-27-20(29)19(14-3-2-4-16(23)11-14)28-21(30)18-12-17(18)13-5-7-15(8-6-13)22(24,25)26/h2-11,17-19H,12H2,1H3,(H,28,30). The van der Waals surface area contributed by atoms with E-state index in [9.17, 15) is 22.4 Å². The topological polar surface area (TPSA) is 46.9 Å². The van der Waals surface area contributed by atoms with Gasteiger partial charge in [-0.3, -0.25) is 4.79 Å². The SMILES string of the molecule is Cn1ccnc1C(NC(=O)C1CC1c1ccc(C(F)(F)F)cc1)c1cccc(F)c1. The normalized spacial score (nSPS) is 19.4. The van der Waals surface area contributed by atoms with Crippen molar-refractivity contribution in [1.29, 1.82) is 0 Å². The number of amides is 1. The molecule has 1 aliphatic carbocycles. The van der Waals surface area contributed by atoms with Crippen molar-refractivity contribution >= 4 is 5.91 Å². The first-order valence-corrected chi connectivity index (χ1v) is 9.44. The summed E-state index contributed by atoms with van der Waals surface area (Å²) in [6.07, 6.45) is -0.515. The van der Waals surface area contributed by atoms with Crippen LogP contribution in [0.15, 0.2) is 60.9 Å². The molecule has 0 aliphatic heterocycles. The molecular formula is C22H19F4N3O. The van der Waals surface area contributed by atoms with Crippen molar-refractivity contribution in [3.05, 3.63) is 89.3 Å². The summed E-state index contributed by atoms with van der Waals surface area (Å²) in [7, 11) is 1.78. The molecule has 30 heavy (non-hydrogen) atoms. The predicted molar refractivity (Wildman–Crippen MR) is 102 cm³/mol. The number of hydrogen-bond donors (Lipinski definition) is 1. The van der Waals surface area contributed by atoms with E-state index in [0.717, 1.165) is 12.1 Å². The molecule has 0 bridgehead atoms. The number of nitrogens with zero attached hydrogens (tertiary/aromatic N) is 2. The third kappa shape index (κ3) is 4.08. The van der Waals surface area contributed by atoms with Crippen LogP contribution in [0.3, 0.4) is 0 Å². The second-order valence-electron chi connectivity index (χ2n) is 7.46. The van der Waals surface area contributed by atoms with E-state index in [1.54, 1.807) is 36.1 Å². The van der Waals surface area contributed by atoms with Gasteiger partial charge >= 0.3 is 6.18 Å². The summed E-state index contributed by atoms with van der Waals surface area (Å²) < 4.78 is 53.7. The van der Waals surface area contributed by atoms with E-state index in [-0.39, 0.29) is 17.7 Å². The van der Waals surface area contributed by atoms with Gasteiger partial charge in [-0.2, -0.15) is 13.2 Å². The molecule has 2 aromatic carbocycles. The number of carbonyl (C=O) groups excluding carboxylic acids is 1. The van der Waals surface area contributed by atoms with Gasteiger partial charge in [0.15, 0.2) is 0 Å². The molecular weight excluding hydrogens is 398 g/mol. The summed E-state index contributed by atoms with van der Waals surface area (Å²) >= 11 is 0. The molecule has 0 radical (unpaired) electrons. The molecule has 0 saturated heterocycles. The van der Waals surface area contributed by atoms with Gasteiger partial charge in [0.1, 0.15) is 17.7 Å². The van der Waals surface area contributed by atoms with Crippen molar-refractivity contribution in [2.45, 2.75) is 24.6 Å². The van der Waals surface area contributed by atoms with E-state index in [4.69, 9.17) is 0 Å². The highest BCUT2D eigenvalue weighted by Gasteiger charge is 2.45. The summed E-state index contributed by atoms with van der Waals surface area (Å²) in [5, 5.41) is 2.93. The molecule has 4 nitrogen and oxygen atoms in total. The lowest BCUT2D eigenvalue weighted by molar-refractivity contribution is -0.137. The van der Waals surface area contributed by atoms with Gasteiger partial charge in [0, 0.05) is 25.4 Å². The first kappa shape index (κ1) is 20.1. The van der Waals surface area contributed by atoms with Crippen LogP contribution in [0.5, 0.6) is 0 Å². The molecule has 4 rings (SSSR count). The number of carbonyl (C=O) groups is 1. The number of aromatic nitrogens is 2. The first-order valence-electron chi connectivity index (χ1n) is 9.44. The fourth-order valence-electron chi connectivity index (χ4n) is 3.66. The van der Waals surface area contributed by atoms with Crippen molar-refractivity contribution in [1.82, 2.24) is 14.9 Å². The summed E-state index contributed by atoms with van der Waals surface area (Å²) in [4.78, 5) is 17.2. The average molecular weight is 417 g/mol. The molecule has 1 aromatic heterocycles. The lowest BCUT2D eigenvalue weighted by atomic mass is 10.0. The Hall–Kier alpha value is -3.16. The third-order valence-corrected chi connectivity index (χ3v) is 5.38. The molecule has 3 atom stereocenters. The lowest BCUT2D eigenvalue weighted by Crippen LogP contribution is -2.32. The van der Waals surface area contributed by atoms with Crippen LogP contribution >= 0.6 is 0 Å². The Morgan fingerprint density at radius 1 is 1.20 bits per heavy atom. The Morgan fingerprint density at radius 3 is 2.53 bits per heavy atom. The van der Waals surface area contributed by atoms with Crippen LogP contribution in [-0.2, 0) is 18.0 Å². The lowest BCUT2D eigenvalue weighted by Gasteiger charge is -2.19. The first-order chi connectivity index (χ1) is 14.2. The van der Waals surface area contributed by atoms with E-state index >= 15 is 0 Å². The van der Waals surface area contributed by atoms with Crippen LogP contribution in [0.1, 0.15) is 40.9 Å². The highest BCUT2D eigenvalue weighted by molar-refractivity contribution is 5.83. The number of imidazole rings is 1. The van der Waals surface area contributed by atoms with Gasteiger partial charge < -0.3 is 9.88 Å². The van der Waals surface area contributed by atoms with E-state index in [0.29, 0.717) is 23.4 Å². The number of aryl methyl sites for hydroxylation is 1. The van der Waals surface area contributed by atoms with E-state index in [1.165, 1.54) is 24.3 Å². The smallest absolute Gasteiger partial charge is 0.342 e. The van der Waals surface area contributed by atoms with Gasteiger partial charge in [0.25, 0.3) is 0 Å². The van der Waals surface area contributed by atoms with Gasteiger partial charge in [-0.15, -0.1) is 0 Å². The molecule has 8 heteroatoms. The molecule has 3 unspecified atom stereocenters. The fourth-order valence-corrected chi connectivity index (χ4v) is 3.66. The molecule has 156 valence electrons. The molecule has 0 spiro atoms. The molecule has 1 heterocycles. The Bertz CT molecular complexity index is 1060. The minimum Gasteiger partial charge on any atom is -0.342 e. The largest absolute Gasteiger partial charge is 0.416 e. The van der Waals surface area contributed by atoms with Gasteiger partial charge in [-0.05, 0) is 47.7 Å². The number of rotatable bonds is 5. The van der Waals surface area contributed by atoms with Crippen molar-refractivity contribution in [3.8, 4) is 0 Å². The summed E-state index contributed by atoms with van der Waals surface area (Å²) in [6, 6.07) is 10.2. The number of benzene rings is 2. The van der Waals surface area contributed by atoms with Crippen LogP contribution in [0.4, 0.5) is 17.6 Å². The Kier molecular flexibility index (Phi) is 5.09. The van der Waals surface area contributed by atoms with E-state index in [1.807, 2.05) is 0 Å². The monoisotopic (exact) mass is 417 g/mol. The molecule has 1 fully saturated rings. The second-order valence-corrected chi connectivity index (χ2v) is 7.46. The van der Waals surface area contributed by atoms with Crippen LogP contribution in [0.25, 0.3) is 0 Å². The fraction of sp³-hybridized carbons (Fsp3) is 0.273. The maximum atomic E-state index is 13.8. The minimum atomic E-state index is -4.39. The zero-order valence-electron chi connectivity index (χ0n) is 16.0. The van der Waals surface area contributed by atoms with E-state index in [2.05, 4.69) is 10.3 Å². The van der Waals surface area contributed by atoms with Gasteiger partial charge in [0.2, 0.25) is 5.91 Å². The van der Waals surface area contributed by atoms with Gasteiger partial charge in [0.05, 0.1) is 5.56 Å². The second kappa shape index (κ2) is 7.59. The van der Waals surface area contributed by atoms with Crippen molar-refractivity contribution in [2.24, 2.45) is 13.0 Å². The Balaban J connectivity index is 1.51. The van der Waals surface area contributed by atoms with Gasteiger partial charge in [-0.1, -0.05) is 24.3 Å². The molecule has 1 amide bonds. The summed E-state index contributed by atoms with van der Waals surface area (Å²) in [5.41, 5.74) is 0.542. The molecule has 1 N–H and O–H groups in total. The molecule has 1 saturated carbocycles. The van der Waals surface area contributed by atoms with Gasteiger partial charge in [-0.25, -0.2) is 9.37 Å². The highest BCUT2D eigenvalue weighted by atomic mass is 19.4. The molecule has 1 aliphatic rings. The van der Waals surface area contributed by atoms with Crippen LogP contribution in [-0.4, -0.2) is 15.5 Å². The number of alkyl halides is 3. The summed E-state index contributed by atoms with van der Waals surface area (Å²) in [5.74, 6) is -0.590. The number of halogens is 4. The minimum absolute atomic E-state index is 0.137. The third-order valence-electron chi connectivity index (χ3n) is 5.38. The maximum absolute atomic E-state index is 13.8. The summed E-state index contributed by atoms with van der Waals surface area (Å²) in [6.45, 7) is 0. The van der Waals surface area contributed by atoms with Crippen molar-refractivity contribution in [3.63, 3.8) is 0 Å². The van der Waals surface area contributed by atoms with Crippen LogP contribution in [0.2, 0.25) is 0 Å². The molecule has 3 aromatic rings. The zero-order valence-corrected chi connectivity index (χ0v) is 16.0. The van der Waals surface area contributed by atoms with Crippen molar-refractivity contribution in [2.75, 3.05) is 0 Å². The van der Waals surface area contributed by atoms with Crippen LogP contribution in [0, 0.1) is 11.7 Å². The average Bonchev–Trinajstić information content (AvgIpc) is 3.40. The zero-order chi connectivity index (χ0) is 21.5. The Labute approximate surface area is 170 Å². The van der Waals surface area contributed by atoms with Crippen molar-refractivity contribution < 1.29 is 22.4 Å². The maximum Gasteiger partial charge on any atom is 0.416 e.